The summed E-state index contributed by atoms with van der Waals surface area (Å²) in [7, 11) is -0.993. The lowest BCUT2D eigenvalue weighted by molar-refractivity contribution is -0.150. The second-order valence-electron chi connectivity index (χ2n) is 5.74. The second kappa shape index (κ2) is 7.32. The van der Waals surface area contributed by atoms with Crippen LogP contribution in [0.1, 0.15) is 12.5 Å². The van der Waals surface area contributed by atoms with E-state index in [1.807, 2.05) is 36.4 Å². The van der Waals surface area contributed by atoms with Gasteiger partial charge in [-0.1, -0.05) is 60.7 Å². The number of carbonyl (C=O) groups excluding carboxylic acids is 2. The Bertz CT molecular complexity index is 707. The number of nitrogens with zero attached hydrogens (tertiary/aromatic N) is 1. The fourth-order valence-corrected chi connectivity index (χ4v) is 2.59. The van der Waals surface area contributed by atoms with Crippen LogP contribution in [0.4, 0.5) is 0 Å². The fourth-order valence-electron chi connectivity index (χ4n) is 2.59. The zero-order valence-corrected chi connectivity index (χ0v) is 13.4. The molecule has 24 heavy (non-hydrogen) atoms. The minimum Gasteiger partial charge on any atom is -0.494 e. The van der Waals surface area contributed by atoms with Gasteiger partial charge in [-0.3, -0.25) is 14.5 Å². The molecule has 1 heterocycles. The average Bonchev–Trinajstić information content (AvgIpc) is 2.60. The molecule has 0 radical (unpaired) electrons. The molecule has 0 unspecified atom stereocenters. The third-order valence-electron chi connectivity index (χ3n) is 3.98. The highest BCUT2D eigenvalue weighted by molar-refractivity contribution is 6.64. The first kappa shape index (κ1) is 16.3. The molecule has 122 valence electrons. The Morgan fingerprint density at radius 1 is 1.00 bits per heavy atom. The summed E-state index contributed by atoms with van der Waals surface area (Å²) in [6, 6.07) is 18.1. The summed E-state index contributed by atoms with van der Waals surface area (Å²) in [4.78, 5) is 26.4. The van der Waals surface area contributed by atoms with Crippen LogP contribution in [0, 0.1) is 0 Å². The van der Waals surface area contributed by atoms with Crippen molar-refractivity contribution in [2.24, 2.45) is 0 Å². The van der Waals surface area contributed by atoms with Crippen LogP contribution in [0.3, 0.4) is 0 Å². The van der Waals surface area contributed by atoms with Crippen molar-refractivity contribution >= 4 is 24.5 Å². The van der Waals surface area contributed by atoms with Crippen molar-refractivity contribution in [3.8, 4) is 0 Å². The van der Waals surface area contributed by atoms with Gasteiger partial charge in [-0.05, 0) is 12.5 Å². The monoisotopic (exact) mass is 323 g/mol. The second-order valence-corrected chi connectivity index (χ2v) is 5.74. The van der Waals surface area contributed by atoms with Gasteiger partial charge in [-0.2, -0.15) is 0 Å². The Morgan fingerprint density at radius 3 is 2.29 bits per heavy atom. The lowest BCUT2D eigenvalue weighted by Crippen LogP contribution is -2.52. The summed E-state index contributed by atoms with van der Waals surface area (Å²) in [5, 5.41) is 0. The van der Waals surface area contributed by atoms with Crippen LogP contribution in [-0.2, 0) is 25.4 Å². The van der Waals surface area contributed by atoms with Crippen LogP contribution in [0.5, 0.6) is 0 Å². The third kappa shape index (κ3) is 3.83. The molecular weight excluding hydrogens is 305 g/mol. The molecule has 0 aliphatic carbocycles. The number of hydrogen-bond donors (Lipinski definition) is 0. The molecule has 0 N–H and O–H groups in total. The quantitative estimate of drug-likeness (QED) is 0.799. The van der Waals surface area contributed by atoms with Crippen molar-refractivity contribution in [3.05, 3.63) is 66.2 Å². The third-order valence-corrected chi connectivity index (χ3v) is 3.98. The van der Waals surface area contributed by atoms with Crippen molar-refractivity contribution in [2.45, 2.75) is 19.5 Å². The van der Waals surface area contributed by atoms with E-state index in [-0.39, 0.29) is 6.54 Å². The topological polar surface area (TPSA) is 55.8 Å². The van der Waals surface area contributed by atoms with Crippen molar-refractivity contribution in [1.29, 1.82) is 0 Å². The molecule has 2 aromatic carbocycles. The van der Waals surface area contributed by atoms with Gasteiger partial charge >= 0.3 is 19.1 Å². The fraction of sp³-hybridized carbons (Fsp3) is 0.222. The normalized spacial score (nSPS) is 19.2. The molecule has 2 aromatic rings. The molecular formula is C18H18BNO4. The first-order valence-electron chi connectivity index (χ1n) is 7.86. The van der Waals surface area contributed by atoms with Crippen LogP contribution in [0.15, 0.2) is 60.7 Å². The van der Waals surface area contributed by atoms with E-state index in [0.29, 0.717) is 12.0 Å². The standard InChI is InChI=1S/C18H18BNO4/c1-14-18(22)24-19(16-10-6-3-7-11-16)23-17(21)13-20(14)12-15-8-4-2-5-9-15/h2-11,14H,12-13H2,1H3/t14-/m0/s1. The molecule has 1 saturated heterocycles. The molecule has 5 nitrogen and oxygen atoms in total. The largest absolute Gasteiger partial charge is 0.636 e. The minimum atomic E-state index is -0.993. The molecule has 1 aliphatic heterocycles. The van der Waals surface area contributed by atoms with Gasteiger partial charge in [0.25, 0.3) is 0 Å². The van der Waals surface area contributed by atoms with Crippen LogP contribution in [0.25, 0.3) is 0 Å². The number of carbonyl (C=O) groups is 2. The SMILES string of the molecule is C[C@H]1C(=O)OB(c2ccccc2)OC(=O)CN1Cc1ccccc1. The van der Waals surface area contributed by atoms with Crippen molar-refractivity contribution in [1.82, 2.24) is 4.90 Å². The van der Waals surface area contributed by atoms with Gasteiger partial charge < -0.3 is 9.31 Å². The highest BCUT2D eigenvalue weighted by atomic mass is 16.6. The zero-order valence-electron chi connectivity index (χ0n) is 13.4. The van der Waals surface area contributed by atoms with Crippen LogP contribution >= 0.6 is 0 Å². The molecule has 0 bridgehead atoms. The maximum atomic E-state index is 12.4. The van der Waals surface area contributed by atoms with E-state index in [1.165, 1.54) is 0 Å². The van der Waals surface area contributed by atoms with Gasteiger partial charge in [0.15, 0.2) is 0 Å². The van der Waals surface area contributed by atoms with Crippen LogP contribution in [-0.4, -0.2) is 36.5 Å². The molecule has 1 aliphatic rings. The lowest BCUT2D eigenvalue weighted by atomic mass is 9.78. The van der Waals surface area contributed by atoms with E-state index >= 15 is 0 Å². The van der Waals surface area contributed by atoms with Crippen LogP contribution < -0.4 is 5.46 Å². The Kier molecular flexibility index (Phi) is 4.96. The summed E-state index contributed by atoms with van der Waals surface area (Å²) in [6.45, 7) is 2.25. The molecule has 3 rings (SSSR count). The number of benzene rings is 2. The smallest absolute Gasteiger partial charge is 0.494 e. The molecule has 0 saturated carbocycles. The van der Waals surface area contributed by atoms with E-state index < -0.39 is 25.1 Å². The summed E-state index contributed by atoms with van der Waals surface area (Å²) >= 11 is 0. The molecule has 0 spiro atoms. The van der Waals surface area contributed by atoms with Gasteiger partial charge in [0.1, 0.15) is 6.04 Å². The van der Waals surface area contributed by atoms with Gasteiger partial charge in [-0.25, -0.2) is 0 Å². The summed E-state index contributed by atoms with van der Waals surface area (Å²) in [5.41, 5.74) is 1.66. The van der Waals surface area contributed by atoms with E-state index in [1.54, 1.807) is 36.1 Å². The summed E-state index contributed by atoms with van der Waals surface area (Å²) < 4.78 is 10.7. The van der Waals surface area contributed by atoms with E-state index in [0.717, 1.165) is 5.56 Å². The molecule has 6 heteroatoms. The molecule has 1 atom stereocenters. The molecule has 0 aromatic heterocycles. The highest BCUT2D eigenvalue weighted by Crippen LogP contribution is 2.13. The first-order chi connectivity index (χ1) is 11.6. The van der Waals surface area contributed by atoms with Crippen molar-refractivity contribution < 1.29 is 18.9 Å². The minimum absolute atomic E-state index is 0.0362. The first-order valence-corrected chi connectivity index (χ1v) is 7.86. The van der Waals surface area contributed by atoms with Crippen molar-refractivity contribution in [3.63, 3.8) is 0 Å². The van der Waals surface area contributed by atoms with E-state index in [2.05, 4.69) is 0 Å². The molecule has 0 amide bonds. The van der Waals surface area contributed by atoms with Gasteiger partial charge in [0, 0.05) is 12.0 Å². The number of hydrogen-bond acceptors (Lipinski definition) is 5. The van der Waals surface area contributed by atoms with E-state index in [9.17, 15) is 9.59 Å². The molecule has 1 fully saturated rings. The maximum Gasteiger partial charge on any atom is 0.636 e. The lowest BCUT2D eigenvalue weighted by Gasteiger charge is -2.30. The summed E-state index contributed by atoms with van der Waals surface area (Å²) in [5.74, 6) is -0.827. The van der Waals surface area contributed by atoms with Crippen LogP contribution in [0.2, 0.25) is 0 Å². The summed E-state index contributed by atoms with van der Waals surface area (Å²) in [6.07, 6.45) is 0. The Balaban J connectivity index is 1.77. The van der Waals surface area contributed by atoms with Gasteiger partial charge in [-0.15, -0.1) is 0 Å². The Hall–Kier alpha value is -2.60. The van der Waals surface area contributed by atoms with Gasteiger partial charge in [0.2, 0.25) is 0 Å². The van der Waals surface area contributed by atoms with E-state index in [4.69, 9.17) is 9.31 Å². The zero-order chi connectivity index (χ0) is 16.9. The Morgan fingerprint density at radius 2 is 1.62 bits per heavy atom. The average molecular weight is 323 g/mol. The van der Waals surface area contributed by atoms with Gasteiger partial charge in [0.05, 0.1) is 6.54 Å². The Labute approximate surface area is 141 Å². The van der Waals surface area contributed by atoms with Crippen molar-refractivity contribution in [2.75, 3.05) is 6.54 Å². The predicted molar refractivity (Wildman–Crippen MR) is 90.3 cm³/mol. The maximum absolute atomic E-state index is 12.4. The highest BCUT2D eigenvalue weighted by Gasteiger charge is 2.37. The number of rotatable bonds is 3. The predicted octanol–water partition coefficient (Wildman–Crippen LogP) is 1.37.